The quantitative estimate of drug-likeness (QED) is 0.669. The second-order valence-corrected chi connectivity index (χ2v) is 6.42. The van der Waals surface area contributed by atoms with Gasteiger partial charge in [0.05, 0.1) is 11.1 Å². The molecule has 6 nitrogen and oxygen atoms in total. The average molecular weight is 344 g/mol. The van der Waals surface area contributed by atoms with Crippen LogP contribution >= 0.6 is 11.3 Å². The minimum absolute atomic E-state index is 0.0705. The lowest BCUT2D eigenvalue weighted by atomic mass is 10.1. The molecule has 0 fully saturated rings. The molecule has 0 atom stereocenters. The van der Waals surface area contributed by atoms with E-state index in [4.69, 9.17) is 4.74 Å². The van der Waals surface area contributed by atoms with Crippen molar-refractivity contribution < 1.29 is 9.53 Å². The summed E-state index contributed by atoms with van der Waals surface area (Å²) in [6, 6.07) is 6.11. The van der Waals surface area contributed by atoms with Crippen LogP contribution in [0.3, 0.4) is 0 Å². The van der Waals surface area contributed by atoms with E-state index in [1.165, 1.54) is 4.88 Å². The number of rotatable bonds is 7. The maximum atomic E-state index is 12.1. The van der Waals surface area contributed by atoms with Crippen molar-refractivity contribution >= 4 is 28.3 Å². The van der Waals surface area contributed by atoms with Crippen LogP contribution < -0.4 is 5.32 Å². The lowest BCUT2D eigenvalue weighted by molar-refractivity contribution is -0.121. The summed E-state index contributed by atoms with van der Waals surface area (Å²) in [5.74, 6) is -0.0705. The van der Waals surface area contributed by atoms with Crippen molar-refractivity contribution in [3.05, 3.63) is 35.5 Å². The SMILES string of the molecule is COCCCNC(=O)Cn1nc(C)c2c(-c3cccs3)ccnc21. The first kappa shape index (κ1) is 16.6. The Labute approximate surface area is 144 Å². The number of ether oxygens (including phenoxy) is 1. The van der Waals surface area contributed by atoms with Gasteiger partial charge in [-0.05, 0) is 30.9 Å². The molecular formula is C17H20N4O2S. The fraction of sp³-hybridized carbons (Fsp3) is 0.353. The molecule has 0 radical (unpaired) electrons. The van der Waals surface area contributed by atoms with Crippen molar-refractivity contribution in [3.63, 3.8) is 0 Å². The number of carbonyl (C=O) groups is 1. The van der Waals surface area contributed by atoms with E-state index in [1.807, 2.05) is 19.1 Å². The topological polar surface area (TPSA) is 69.0 Å². The minimum Gasteiger partial charge on any atom is -0.385 e. The minimum atomic E-state index is -0.0705. The molecule has 3 heterocycles. The van der Waals surface area contributed by atoms with E-state index in [-0.39, 0.29) is 12.5 Å². The molecule has 3 rings (SSSR count). The molecule has 3 aromatic rings. The molecule has 0 aromatic carbocycles. The number of thiophene rings is 1. The highest BCUT2D eigenvalue weighted by atomic mass is 32.1. The fourth-order valence-corrected chi connectivity index (χ4v) is 3.42. The zero-order valence-electron chi connectivity index (χ0n) is 13.8. The van der Waals surface area contributed by atoms with Crippen molar-refractivity contribution in [1.29, 1.82) is 0 Å². The van der Waals surface area contributed by atoms with Crippen LogP contribution in [-0.2, 0) is 16.1 Å². The maximum Gasteiger partial charge on any atom is 0.241 e. The molecule has 1 amide bonds. The molecule has 0 saturated heterocycles. The summed E-state index contributed by atoms with van der Waals surface area (Å²) in [5, 5.41) is 10.5. The second-order valence-electron chi connectivity index (χ2n) is 5.47. The molecule has 0 spiro atoms. The Morgan fingerprint density at radius 2 is 2.29 bits per heavy atom. The van der Waals surface area contributed by atoms with Crippen LogP contribution in [0.25, 0.3) is 21.5 Å². The van der Waals surface area contributed by atoms with Crippen molar-refractivity contribution in [2.24, 2.45) is 0 Å². The predicted octanol–water partition coefficient (Wildman–Crippen LogP) is 2.62. The van der Waals surface area contributed by atoms with Gasteiger partial charge in [-0.1, -0.05) is 6.07 Å². The molecule has 24 heavy (non-hydrogen) atoms. The number of fused-ring (bicyclic) bond motifs is 1. The average Bonchev–Trinajstić information content (AvgIpc) is 3.21. The van der Waals surface area contributed by atoms with E-state index in [0.29, 0.717) is 13.2 Å². The smallest absolute Gasteiger partial charge is 0.241 e. The van der Waals surface area contributed by atoms with Gasteiger partial charge in [0.2, 0.25) is 5.91 Å². The van der Waals surface area contributed by atoms with Crippen LogP contribution in [0.4, 0.5) is 0 Å². The van der Waals surface area contributed by atoms with Crippen LogP contribution in [-0.4, -0.2) is 40.9 Å². The zero-order chi connectivity index (χ0) is 16.9. The number of carbonyl (C=O) groups excluding carboxylic acids is 1. The molecule has 0 unspecified atom stereocenters. The van der Waals surface area contributed by atoms with E-state index < -0.39 is 0 Å². The predicted molar refractivity (Wildman–Crippen MR) is 95.1 cm³/mol. The number of methoxy groups -OCH3 is 1. The maximum absolute atomic E-state index is 12.1. The lowest BCUT2D eigenvalue weighted by Gasteiger charge is -2.06. The Hall–Kier alpha value is -2.25. The zero-order valence-corrected chi connectivity index (χ0v) is 14.6. The van der Waals surface area contributed by atoms with Gasteiger partial charge in [-0.15, -0.1) is 11.3 Å². The Kier molecular flexibility index (Phi) is 5.22. The Bertz CT molecular complexity index is 827. The Morgan fingerprint density at radius 1 is 1.42 bits per heavy atom. The van der Waals surface area contributed by atoms with Gasteiger partial charge in [-0.2, -0.15) is 5.10 Å². The summed E-state index contributed by atoms with van der Waals surface area (Å²) >= 11 is 1.68. The molecule has 1 N–H and O–H groups in total. The fourth-order valence-electron chi connectivity index (χ4n) is 2.67. The number of aromatic nitrogens is 3. The van der Waals surface area contributed by atoms with E-state index in [9.17, 15) is 4.79 Å². The Morgan fingerprint density at radius 3 is 3.04 bits per heavy atom. The number of nitrogens with zero attached hydrogens (tertiary/aromatic N) is 3. The molecule has 3 aromatic heterocycles. The normalized spacial score (nSPS) is 11.1. The number of amides is 1. The molecule has 0 aliphatic carbocycles. The van der Waals surface area contributed by atoms with Gasteiger partial charge in [-0.3, -0.25) is 4.79 Å². The molecule has 0 aliphatic rings. The third kappa shape index (κ3) is 3.47. The number of hydrogen-bond acceptors (Lipinski definition) is 5. The highest BCUT2D eigenvalue weighted by molar-refractivity contribution is 7.13. The first-order valence-corrected chi connectivity index (χ1v) is 8.70. The van der Waals surface area contributed by atoms with E-state index >= 15 is 0 Å². The highest BCUT2D eigenvalue weighted by Crippen LogP contribution is 2.32. The molecular weight excluding hydrogens is 324 g/mol. The third-order valence-electron chi connectivity index (χ3n) is 3.74. The monoisotopic (exact) mass is 344 g/mol. The molecule has 126 valence electrons. The second kappa shape index (κ2) is 7.55. The van der Waals surface area contributed by atoms with Crippen LogP contribution in [0.5, 0.6) is 0 Å². The molecule has 7 heteroatoms. The summed E-state index contributed by atoms with van der Waals surface area (Å²) in [5.41, 5.74) is 2.73. The first-order chi connectivity index (χ1) is 11.7. The van der Waals surface area contributed by atoms with Gasteiger partial charge in [0, 0.05) is 36.9 Å². The number of nitrogens with one attached hydrogen (secondary N) is 1. The van der Waals surface area contributed by atoms with Crippen LogP contribution in [0.1, 0.15) is 12.1 Å². The van der Waals surface area contributed by atoms with Gasteiger partial charge < -0.3 is 10.1 Å². The van der Waals surface area contributed by atoms with Gasteiger partial charge in [0.25, 0.3) is 0 Å². The highest BCUT2D eigenvalue weighted by Gasteiger charge is 2.16. The van der Waals surface area contributed by atoms with E-state index in [2.05, 4.69) is 26.8 Å². The van der Waals surface area contributed by atoms with Crippen molar-refractivity contribution in [3.8, 4) is 10.4 Å². The van der Waals surface area contributed by atoms with Crippen LogP contribution in [0.15, 0.2) is 29.8 Å². The van der Waals surface area contributed by atoms with Crippen molar-refractivity contribution in [2.75, 3.05) is 20.3 Å². The number of aryl methyl sites for hydroxylation is 1. The van der Waals surface area contributed by atoms with Crippen LogP contribution in [0, 0.1) is 6.92 Å². The van der Waals surface area contributed by atoms with E-state index in [1.54, 1.807) is 29.3 Å². The van der Waals surface area contributed by atoms with Crippen molar-refractivity contribution in [2.45, 2.75) is 19.9 Å². The molecule has 0 bridgehead atoms. The first-order valence-electron chi connectivity index (χ1n) is 7.82. The van der Waals surface area contributed by atoms with Gasteiger partial charge >= 0.3 is 0 Å². The van der Waals surface area contributed by atoms with Gasteiger partial charge in [0.1, 0.15) is 6.54 Å². The number of hydrogen-bond donors (Lipinski definition) is 1. The summed E-state index contributed by atoms with van der Waals surface area (Å²) in [4.78, 5) is 17.7. The molecule has 0 saturated carbocycles. The summed E-state index contributed by atoms with van der Waals surface area (Å²) in [7, 11) is 1.65. The lowest BCUT2D eigenvalue weighted by Crippen LogP contribution is -2.29. The standard InChI is InChI=1S/C17H20N4O2S/c1-12-16-13(14-5-3-10-24-14)6-8-19-17(16)21(20-12)11-15(22)18-7-4-9-23-2/h3,5-6,8,10H,4,7,9,11H2,1-2H3,(H,18,22). The Balaban J connectivity index is 1.83. The summed E-state index contributed by atoms with van der Waals surface area (Å²) in [6.45, 7) is 3.35. The largest absolute Gasteiger partial charge is 0.385 e. The third-order valence-corrected chi connectivity index (χ3v) is 4.64. The summed E-state index contributed by atoms with van der Waals surface area (Å²) in [6.07, 6.45) is 2.56. The van der Waals surface area contributed by atoms with E-state index in [0.717, 1.165) is 28.7 Å². The van der Waals surface area contributed by atoms with Gasteiger partial charge in [-0.25, -0.2) is 9.67 Å². The van der Waals surface area contributed by atoms with Crippen LogP contribution in [0.2, 0.25) is 0 Å². The molecule has 0 aliphatic heterocycles. The number of pyridine rings is 1. The van der Waals surface area contributed by atoms with Gasteiger partial charge in [0.15, 0.2) is 5.65 Å². The van der Waals surface area contributed by atoms with Crippen molar-refractivity contribution in [1.82, 2.24) is 20.1 Å². The summed E-state index contributed by atoms with van der Waals surface area (Å²) < 4.78 is 6.65.